The van der Waals surface area contributed by atoms with Crippen LogP contribution in [0.5, 0.6) is 0 Å². The van der Waals surface area contributed by atoms with Gasteiger partial charge in [-0.05, 0) is 36.1 Å². The molecule has 1 aliphatic carbocycles. The van der Waals surface area contributed by atoms with Gasteiger partial charge in [0.2, 0.25) is 0 Å². The molecular formula is C18H26O2. The summed E-state index contributed by atoms with van der Waals surface area (Å²) in [5.41, 5.74) is -0.111. The normalized spacial score (nSPS) is 28.4. The zero-order valence-corrected chi connectivity index (χ0v) is 12.6. The summed E-state index contributed by atoms with van der Waals surface area (Å²) in [6.45, 7) is 4.25. The van der Waals surface area contributed by atoms with E-state index in [1.807, 2.05) is 24.3 Å². The number of benzene rings is 1. The van der Waals surface area contributed by atoms with Crippen molar-refractivity contribution in [1.82, 2.24) is 0 Å². The molecule has 110 valence electrons. The molecule has 0 amide bonds. The van der Waals surface area contributed by atoms with Crippen LogP contribution in [0.25, 0.3) is 0 Å². The van der Waals surface area contributed by atoms with Crippen molar-refractivity contribution in [1.29, 1.82) is 0 Å². The Kier molecular flexibility index (Phi) is 4.66. The van der Waals surface area contributed by atoms with Gasteiger partial charge in [0.15, 0.2) is 0 Å². The van der Waals surface area contributed by atoms with Crippen molar-refractivity contribution in [2.45, 2.75) is 63.6 Å². The number of rotatable bonds is 6. The molecule has 0 aliphatic heterocycles. The van der Waals surface area contributed by atoms with Crippen LogP contribution in [0.15, 0.2) is 36.4 Å². The largest absolute Gasteiger partial charge is 0.381 e. The molecule has 0 saturated heterocycles. The maximum absolute atomic E-state index is 10.9. The molecule has 0 spiro atoms. The molecule has 20 heavy (non-hydrogen) atoms. The SMILES string of the molecule is CCCCC1(O)C=CC(O)(CCCC)c2ccccc21. The summed E-state index contributed by atoms with van der Waals surface area (Å²) in [7, 11) is 0. The fourth-order valence-electron chi connectivity index (χ4n) is 3.02. The predicted octanol–water partition coefficient (Wildman–Crippen LogP) is 4.01. The molecule has 2 heteroatoms. The van der Waals surface area contributed by atoms with Gasteiger partial charge in [-0.1, -0.05) is 63.8 Å². The summed E-state index contributed by atoms with van der Waals surface area (Å²) in [5.74, 6) is 0. The highest BCUT2D eigenvalue weighted by Crippen LogP contribution is 2.43. The number of unbranched alkanes of at least 4 members (excludes halogenated alkanes) is 2. The van der Waals surface area contributed by atoms with Gasteiger partial charge in [0, 0.05) is 0 Å². The molecule has 0 bridgehead atoms. The van der Waals surface area contributed by atoms with Crippen LogP contribution in [0.3, 0.4) is 0 Å². The van der Waals surface area contributed by atoms with E-state index in [0.717, 1.165) is 36.8 Å². The monoisotopic (exact) mass is 274 g/mol. The summed E-state index contributed by atoms with van der Waals surface area (Å²) in [4.78, 5) is 0. The van der Waals surface area contributed by atoms with Gasteiger partial charge in [0.1, 0.15) is 11.2 Å². The highest BCUT2D eigenvalue weighted by molar-refractivity contribution is 5.45. The van der Waals surface area contributed by atoms with Gasteiger partial charge in [0.05, 0.1) is 0 Å². The molecule has 2 nitrogen and oxygen atoms in total. The molecule has 0 fully saturated rings. The van der Waals surface area contributed by atoms with Gasteiger partial charge < -0.3 is 10.2 Å². The van der Waals surface area contributed by atoms with Crippen LogP contribution in [0.4, 0.5) is 0 Å². The molecule has 2 rings (SSSR count). The number of fused-ring (bicyclic) bond motifs is 1. The highest BCUT2D eigenvalue weighted by atomic mass is 16.3. The van der Waals surface area contributed by atoms with E-state index < -0.39 is 11.2 Å². The van der Waals surface area contributed by atoms with Gasteiger partial charge in [-0.25, -0.2) is 0 Å². The van der Waals surface area contributed by atoms with Crippen molar-refractivity contribution < 1.29 is 10.2 Å². The predicted molar refractivity (Wildman–Crippen MR) is 82.4 cm³/mol. The Morgan fingerprint density at radius 2 is 1.20 bits per heavy atom. The lowest BCUT2D eigenvalue weighted by atomic mass is 9.73. The summed E-state index contributed by atoms with van der Waals surface area (Å²) in [5, 5.41) is 21.8. The standard InChI is InChI=1S/C18H26O2/c1-3-5-11-17(19)13-14-18(20,12-6-4-2)16-10-8-7-9-15(16)17/h7-10,13-14,19-20H,3-6,11-12H2,1-2H3. The minimum Gasteiger partial charge on any atom is -0.381 e. The Morgan fingerprint density at radius 1 is 0.800 bits per heavy atom. The number of aliphatic hydroxyl groups is 2. The van der Waals surface area contributed by atoms with Gasteiger partial charge in [-0.3, -0.25) is 0 Å². The van der Waals surface area contributed by atoms with E-state index in [4.69, 9.17) is 0 Å². The molecule has 0 radical (unpaired) electrons. The van der Waals surface area contributed by atoms with Crippen molar-refractivity contribution in [3.05, 3.63) is 47.5 Å². The average Bonchev–Trinajstić information content (AvgIpc) is 2.48. The van der Waals surface area contributed by atoms with Crippen molar-refractivity contribution in [3.8, 4) is 0 Å². The first-order chi connectivity index (χ1) is 9.56. The molecule has 2 unspecified atom stereocenters. The molecule has 0 aromatic heterocycles. The van der Waals surface area contributed by atoms with E-state index >= 15 is 0 Å². The first-order valence-electron chi connectivity index (χ1n) is 7.81. The number of hydrogen-bond donors (Lipinski definition) is 2. The van der Waals surface area contributed by atoms with E-state index in [2.05, 4.69) is 13.8 Å². The lowest BCUT2D eigenvalue weighted by Crippen LogP contribution is -2.36. The molecule has 2 N–H and O–H groups in total. The summed E-state index contributed by atoms with van der Waals surface area (Å²) in [6.07, 6.45) is 9.09. The maximum atomic E-state index is 10.9. The van der Waals surface area contributed by atoms with Crippen LogP contribution in [-0.2, 0) is 11.2 Å². The molecule has 0 saturated carbocycles. The topological polar surface area (TPSA) is 40.5 Å². The van der Waals surface area contributed by atoms with Crippen LogP contribution >= 0.6 is 0 Å². The number of hydrogen-bond acceptors (Lipinski definition) is 2. The van der Waals surface area contributed by atoms with E-state index in [9.17, 15) is 10.2 Å². The minimum atomic E-state index is -0.926. The smallest absolute Gasteiger partial charge is 0.108 e. The first-order valence-corrected chi connectivity index (χ1v) is 7.81. The Morgan fingerprint density at radius 3 is 1.55 bits per heavy atom. The fraction of sp³-hybridized carbons (Fsp3) is 0.556. The van der Waals surface area contributed by atoms with Gasteiger partial charge >= 0.3 is 0 Å². The van der Waals surface area contributed by atoms with Crippen LogP contribution in [-0.4, -0.2) is 10.2 Å². The second-order valence-corrected chi connectivity index (χ2v) is 5.93. The van der Waals surface area contributed by atoms with Gasteiger partial charge in [-0.2, -0.15) is 0 Å². The van der Waals surface area contributed by atoms with E-state index in [1.165, 1.54) is 0 Å². The van der Waals surface area contributed by atoms with Crippen molar-refractivity contribution in [2.75, 3.05) is 0 Å². The maximum Gasteiger partial charge on any atom is 0.108 e. The third-order valence-corrected chi connectivity index (χ3v) is 4.32. The van der Waals surface area contributed by atoms with Crippen LogP contribution < -0.4 is 0 Å². The zero-order chi connectivity index (χ0) is 14.6. The quantitative estimate of drug-likeness (QED) is 0.769. The second-order valence-electron chi connectivity index (χ2n) is 5.93. The van der Waals surface area contributed by atoms with E-state index in [-0.39, 0.29) is 0 Å². The average molecular weight is 274 g/mol. The first kappa shape index (κ1) is 15.3. The summed E-state index contributed by atoms with van der Waals surface area (Å²) in [6, 6.07) is 7.78. The third-order valence-electron chi connectivity index (χ3n) is 4.32. The van der Waals surface area contributed by atoms with Crippen LogP contribution in [0.2, 0.25) is 0 Å². The van der Waals surface area contributed by atoms with Crippen molar-refractivity contribution >= 4 is 0 Å². The Bertz CT molecular complexity index is 437. The van der Waals surface area contributed by atoms with Gasteiger partial charge in [0.25, 0.3) is 0 Å². The zero-order valence-electron chi connectivity index (χ0n) is 12.6. The molecule has 1 aliphatic rings. The lowest BCUT2D eigenvalue weighted by Gasteiger charge is -2.38. The van der Waals surface area contributed by atoms with Crippen LogP contribution in [0.1, 0.15) is 63.5 Å². The summed E-state index contributed by atoms with van der Waals surface area (Å²) < 4.78 is 0. The molecule has 2 atom stereocenters. The van der Waals surface area contributed by atoms with Crippen LogP contribution in [0, 0.1) is 0 Å². The van der Waals surface area contributed by atoms with Gasteiger partial charge in [-0.15, -0.1) is 0 Å². The Hall–Kier alpha value is -1.12. The second kappa shape index (κ2) is 6.11. The fourth-order valence-corrected chi connectivity index (χ4v) is 3.02. The third kappa shape index (κ3) is 2.82. The molecule has 1 aromatic rings. The molecule has 0 heterocycles. The Balaban J connectivity index is 2.39. The van der Waals surface area contributed by atoms with E-state index in [0.29, 0.717) is 12.8 Å². The van der Waals surface area contributed by atoms with E-state index in [1.54, 1.807) is 12.2 Å². The molecule has 1 aromatic carbocycles. The Labute approximate surface area is 122 Å². The highest BCUT2D eigenvalue weighted by Gasteiger charge is 2.39. The van der Waals surface area contributed by atoms with Crippen molar-refractivity contribution in [2.24, 2.45) is 0 Å². The minimum absolute atomic E-state index is 0.709. The molecular weight excluding hydrogens is 248 g/mol. The lowest BCUT2D eigenvalue weighted by molar-refractivity contribution is 0.0337. The van der Waals surface area contributed by atoms with Crippen molar-refractivity contribution in [3.63, 3.8) is 0 Å². The summed E-state index contributed by atoms with van der Waals surface area (Å²) >= 11 is 0.